The second kappa shape index (κ2) is 8.14. The van der Waals surface area contributed by atoms with Crippen LogP contribution in [0, 0.1) is 11.3 Å². The van der Waals surface area contributed by atoms with Gasteiger partial charge in [-0.15, -0.1) is 0 Å². The van der Waals surface area contributed by atoms with Gasteiger partial charge in [0.1, 0.15) is 17.7 Å². The molecule has 8 heteroatoms. The van der Waals surface area contributed by atoms with Gasteiger partial charge in [-0.3, -0.25) is 14.3 Å². The molecule has 1 saturated carbocycles. The second-order valence-corrected chi connectivity index (χ2v) is 5.23. The summed E-state index contributed by atoms with van der Waals surface area (Å²) in [5.74, 6) is -1.23. The first-order valence-electron chi connectivity index (χ1n) is 7.10. The van der Waals surface area contributed by atoms with Crippen LogP contribution in [0.2, 0.25) is 0 Å². The molecule has 1 aromatic heterocycles. The van der Waals surface area contributed by atoms with E-state index in [0.29, 0.717) is 6.04 Å². The molecule has 0 spiro atoms. The van der Waals surface area contributed by atoms with E-state index in [9.17, 15) is 14.4 Å². The molecule has 1 heterocycles. The molecule has 22 heavy (non-hydrogen) atoms. The van der Waals surface area contributed by atoms with Crippen LogP contribution in [-0.4, -0.2) is 26.7 Å². The average Bonchev–Trinajstić information content (AvgIpc) is 2.48. The summed E-state index contributed by atoms with van der Waals surface area (Å²) in [6.07, 6.45) is 7.59. The smallest absolute Gasteiger partial charge is 0.329 e. The lowest BCUT2D eigenvalue weighted by molar-refractivity contribution is -0.140. The van der Waals surface area contributed by atoms with Gasteiger partial charge in [0.05, 0.1) is 0 Å². The Balaban J connectivity index is 0.000000287. The van der Waals surface area contributed by atoms with Crippen molar-refractivity contribution in [2.75, 3.05) is 0 Å². The number of aromatic amines is 1. The van der Waals surface area contributed by atoms with E-state index >= 15 is 0 Å². The topological polar surface area (TPSA) is 142 Å². The molecule has 1 aromatic rings. The number of carbonyl (C=O) groups is 1. The van der Waals surface area contributed by atoms with Gasteiger partial charge in [0.2, 0.25) is 0 Å². The van der Waals surface area contributed by atoms with Gasteiger partial charge in [0, 0.05) is 12.2 Å². The molecule has 0 saturated heterocycles. The fourth-order valence-corrected chi connectivity index (χ4v) is 2.11. The first-order chi connectivity index (χ1) is 10.4. The van der Waals surface area contributed by atoms with Gasteiger partial charge >= 0.3 is 11.7 Å². The predicted octanol–water partition coefficient (Wildman–Crippen LogP) is 0.332. The van der Waals surface area contributed by atoms with Crippen molar-refractivity contribution >= 4 is 5.97 Å². The van der Waals surface area contributed by atoms with Crippen LogP contribution >= 0.6 is 0 Å². The van der Waals surface area contributed by atoms with Crippen molar-refractivity contribution in [3.05, 3.63) is 32.6 Å². The molecule has 1 atom stereocenters. The van der Waals surface area contributed by atoms with Crippen LogP contribution in [0.25, 0.3) is 0 Å². The fraction of sp³-hybridized carbons (Fsp3) is 0.571. The van der Waals surface area contributed by atoms with E-state index in [4.69, 9.17) is 16.1 Å². The number of nitrogens with two attached hydrogens (primary N) is 1. The molecule has 1 fully saturated rings. The molecule has 1 aliphatic carbocycles. The van der Waals surface area contributed by atoms with E-state index in [-0.39, 0.29) is 5.56 Å². The SMILES string of the molecule is CC(C(=O)O)n1cc(C#N)c(=O)[nH]c1=O.NC1CCCCC1. The quantitative estimate of drug-likeness (QED) is 0.718. The lowest BCUT2D eigenvalue weighted by Crippen LogP contribution is -2.35. The summed E-state index contributed by atoms with van der Waals surface area (Å²) in [6, 6.07) is 0.959. The highest BCUT2D eigenvalue weighted by atomic mass is 16.4. The van der Waals surface area contributed by atoms with Crippen LogP contribution in [0.15, 0.2) is 15.8 Å². The molecule has 1 unspecified atom stereocenters. The predicted molar refractivity (Wildman–Crippen MR) is 79.4 cm³/mol. The number of nitrogens with zero attached hydrogens (tertiary/aromatic N) is 2. The van der Waals surface area contributed by atoms with Crippen molar-refractivity contribution < 1.29 is 9.90 Å². The Labute approximate surface area is 127 Å². The van der Waals surface area contributed by atoms with E-state index in [1.165, 1.54) is 39.0 Å². The Kier molecular flexibility index (Phi) is 6.53. The largest absolute Gasteiger partial charge is 0.480 e. The van der Waals surface area contributed by atoms with E-state index in [0.717, 1.165) is 10.8 Å². The number of aromatic nitrogens is 2. The molecule has 0 aromatic carbocycles. The molecule has 0 amide bonds. The highest BCUT2D eigenvalue weighted by Crippen LogP contribution is 2.14. The van der Waals surface area contributed by atoms with Crippen molar-refractivity contribution in [2.45, 2.75) is 51.1 Å². The summed E-state index contributed by atoms with van der Waals surface area (Å²) in [4.78, 5) is 34.6. The first kappa shape index (κ1) is 17.7. The maximum absolute atomic E-state index is 11.2. The minimum Gasteiger partial charge on any atom is -0.480 e. The van der Waals surface area contributed by atoms with E-state index in [1.807, 2.05) is 4.98 Å². The molecular weight excluding hydrogens is 288 g/mol. The number of nitriles is 1. The Morgan fingerprint density at radius 2 is 2.05 bits per heavy atom. The van der Waals surface area contributed by atoms with Gasteiger partial charge in [-0.25, -0.2) is 9.59 Å². The summed E-state index contributed by atoms with van der Waals surface area (Å²) in [7, 11) is 0. The molecule has 1 aliphatic rings. The lowest BCUT2D eigenvalue weighted by Gasteiger charge is -2.15. The minimum absolute atomic E-state index is 0.303. The van der Waals surface area contributed by atoms with Crippen molar-refractivity contribution in [3.8, 4) is 6.07 Å². The highest BCUT2D eigenvalue weighted by Gasteiger charge is 2.16. The van der Waals surface area contributed by atoms with E-state index < -0.39 is 23.3 Å². The fourth-order valence-electron chi connectivity index (χ4n) is 2.11. The zero-order valence-corrected chi connectivity index (χ0v) is 12.4. The average molecular weight is 308 g/mol. The summed E-state index contributed by atoms with van der Waals surface area (Å²) in [6.45, 7) is 1.27. The van der Waals surface area contributed by atoms with Crippen molar-refractivity contribution in [2.24, 2.45) is 5.73 Å². The maximum atomic E-state index is 11.2. The number of H-pyrrole nitrogens is 1. The summed E-state index contributed by atoms with van der Waals surface area (Å²) in [5.41, 5.74) is 3.66. The Hall–Kier alpha value is -2.40. The number of aliphatic carboxylic acids is 1. The first-order valence-corrected chi connectivity index (χ1v) is 7.10. The number of hydrogen-bond donors (Lipinski definition) is 3. The number of nitrogens with one attached hydrogen (secondary N) is 1. The van der Waals surface area contributed by atoms with E-state index in [1.54, 1.807) is 6.07 Å². The number of hydrogen-bond acceptors (Lipinski definition) is 5. The monoisotopic (exact) mass is 308 g/mol. The molecular formula is C14H20N4O4. The van der Waals surface area contributed by atoms with Crippen LogP contribution in [0.4, 0.5) is 0 Å². The Morgan fingerprint density at radius 1 is 1.45 bits per heavy atom. The standard InChI is InChI=1S/C8H7N3O4.C6H13N/c1-4(7(13)14)11-3-5(2-9)6(12)10-8(11)15;7-6-4-2-1-3-5-6/h3-4H,1H3,(H,13,14)(H,10,12,15);6H,1-5,7H2. The van der Waals surface area contributed by atoms with Crippen LogP contribution in [0.1, 0.15) is 50.6 Å². The maximum Gasteiger partial charge on any atom is 0.329 e. The van der Waals surface area contributed by atoms with Gasteiger partial charge in [-0.1, -0.05) is 19.3 Å². The molecule has 0 bridgehead atoms. The van der Waals surface area contributed by atoms with E-state index in [2.05, 4.69) is 0 Å². The highest BCUT2D eigenvalue weighted by molar-refractivity contribution is 5.71. The summed E-state index contributed by atoms with van der Waals surface area (Å²) in [5, 5.41) is 17.2. The minimum atomic E-state index is -1.23. The summed E-state index contributed by atoms with van der Waals surface area (Å²) >= 11 is 0. The third-order valence-corrected chi connectivity index (χ3v) is 3.51. The second-order valence-electron chi connectivity index (χ2n) is 5.23. The molecule has 8 nitrogen and oxygen atoms in total. The molecule has 0 aliphatic heterocycles. The van der Waals surface area contributed by atoms with Gasteiger partial charge < -0.3 is 10.8 Å². The third-order valence-electron chi connectivity index (χ3n) is 3.51. The van der Waals surface area contributed by atoms with Gasteiger partial charge in [-0.2, -0.15) is 5.26 Å². The normalized spacial score (nSPS) is 16.0. The van der Waals surface area contributed by atoms with Crippen molar-refractivity contribution in [3.63, 3.8) is 0 Å². The zero-order valence-electron chi connectivity index (χ0n) is 12.4. The molecule has 120 valence electrons. The lowest BCUT2D eigenvalue weighted by atomic mass is 9.97. The van der Waals surface area contributed by atoms with Crippen molar-refractivity contribution in [1.29, 1.82) is 5.26 Å². The van der Waals surface area contributed by atoms with Crippen LogP contribution < -0.4 is 17.0 Å². The molecule has 0 radical (unpaired) electrons. The molecule has 4 N–H and O–H groups in total. The van der Waals surface area contributed by atoms with Crippen LogP contribution in [0.5, 0.6) is 0 Å². The van der Waals surface area contributed by atoms with Crippen LogP contribution in [-0.2, 0) is 4.79 Å². The number of carboxylic acid groups (broad SMARTS) is 1. The van der Waals surface area contributed by atoms with Gasteiger partial charge in [-0.05, 0) is 19.8 Å². The Morgan fingerprint density at radius 3 is 2.45 bits per heavy atom. The van der Waals surface area contributed by atoms with Gasteiger partial charge in [0.25, 0.3) is 5.56 Å². The number of carboxylic acids is 1. The zero-order chi connectivity index (χ0) is 16.7. The van der Waals surface area contributed by atoms with Gasteiger partial charge in [0.15, 0.2) is 0 Å². The Bertz CT molecular complexity index is 665. The third kappa shape index (κ3) is 4.86. The molecule has 2 rings (SSSR count). The van der Waals surface area contributed by atoms with Crippen molar-refractivity contribution in [1.82, 2.24) is 9.55 Å². The number of rotatable bonds is 2. The van der Waals surface area contributed by atoms with Crippen LogP contribution in [0.3, 0.4) is 0 Å². The summed E-state index contributed by atoms with van der Waals surface area (Å²) < 4.78 is 0.780.